The smallest absolute Gasteiger partial charge is 0.0613 e. The summed E-state index contributed by atoms with van der Waals surface area (Å²) in [5, 5.41) is 3.53. The van der Waals surface area contributed by atoms with E-state index in [0.29, 0.717) is 12.0 Å². The van der Waals surface area contributed by atoms with Crippen LogP contribution in [0.1, 0.15) is 25.5 Å². The van der Waals surface area contributed by atoms with Crippen LogP contribution in [0.5, 0.6) is 0 Å². The third-order valence-corrected chi connectivity index (χ3v) is 3.51. The van der Waals surface area contributed by atoms with Crippen molar-refractivity contribution in [2.24, 2.45) is 13.0 Å². The summed E-state index contributed by atoms with van der Waals surface area (Å²) in [6.45, 7) is 5.18. The van der Waals surface area contributed by atoms with E-state index >= 15 is 0 Å². The van der Waals surface area contributed by atoms with Gasteiger partial charge in [-0.15, -0.1) is 0 Å². The summed E-state index contributed by atoms with van der Waals surface area (Å²) >= 11 is 0. The van der Waals surface area contributed by atoms with Crippen LogP contribution in [-0.2, 0) is 18.3 Å². The summed E-state index contributed by atoms with van der Waals surface area (Å²) in [4.78, 5) is 0. The predicted octanol–water partition coefficient (Wildman–Crippen LogP) is 1.93. The van der Waals surface area contributed by atoms with Crippen LogP contribution in [0.15, 0.2) is 18.3 Å². The van der Waals surface area contributed by atoms with Crippen molar-refractivity contribution >= 4 is 0 Å². The van der Waals surface area contributed by atoms with Crippen molar-refractivity contribution in [2.75, 3.05) is 13.2 Å². The molecule has 2 rings (SSSR count). The Morgan fingerprint density at radius 2 is 2.44 bits per heavy atom. The number of hydrogen-bond acceptors (Lipinski definition) is 2. The van der Waals surface area contributed by atoms with Gasteiger partial charge in [-0.1, -0.05) is 6.92 Å². The van der Waals surface area contributed by atoms with E-state index in [0.717, 1.165) is 26.1 Å². The average Bonchev–Trinajstić information content (AvgIpc) is 2.88. The number of aryl methyl sites for hydroxylation is 1. The molecule has 90 valence electrons. The lowest BCUT2D eigenvalue weighted by Gasteiger charge is -2.17. The van der Waals surface area contributed by atoms with E-state index in [1.165, 1.54) is 12.1 Å². The van der Waals surface area contributed by atoms with Gasteiger partial charge in [-0.25, -0.2) is 0 Å². The van der Waals surface area contributed by atoms with E-state index in [9.17, 15) is 0 Å². The highest BCUT2D eigenvalue weighted by Gasteiger charge is 2.25. The lowest BCUT2D eigenvalue weighted by molar-refractivity contribution is 0.0872. The Hall–Kier alpha value is -0.800. The number of nitrogens with one attached hydrogen (secondary N) is 1. The zero-order valence-corrected chi connectivity index (χ0v) is 10.3. The van der Waals surface area contributed by atoms with Crippen molar-refractivity contribution in [3.8, 4) is 0 Å². The van der Waals surface area contributed by atoms with Crippen molar-refractivity contribution < 1.29 is 4.74 Å². The topological polar surface area (TPSA) is 26.2 Å². The maximum Gasteiger partial charge on any atom is 0.0613 e. The largest absolute Gasteiger partial charge is 0.378 e. The predicted molar refractivity (Wildman–Crippen MR) is 65.3 cm³/mol. The second kappa shape index (κ2) is 5.51. The van der Waals surface area contributed by atoms with Gasteiger partial charge in [0, 0.05) is 38.6 Å². The first-order valence-corrected chi connectivity index (χ1v) is 6.23. The summed E-state index contributed by atoms with van der Waals surface area (Å²) in [5.41, 5.74) is 1.34. The van der Waals surface area contributed by atoms with Crippen molar-refractivity contribution in [1.29, 1.82) is 0 Å². The van der Waals surface area contributed by atoms with Crippen LogP contribution in [0.2, 0.25) is 0 Å². The van der Waals surface area contributed by atoms with Gasteiger partial charge in [0.15, 0.2) is 0 Å². The minimum Gasteiger partial charge on any atom is -0.378 e. The molecule has 0 spiro atoms. The summed E-state index contributed by atoms with van der Waals surface area (Å²) < 4.78 is 7.84. The summed E-state index contributed by atoms with van der Waals surface area (Å²) in [7, 11) is 2.09. The normalized spacial score (nSPS) is 25.1. The second-order valence-electron chi connectivity index (χ2n) is 4.61. The number of nitrogens with zero attached hydrogens (tertiary/aromatic N) is 1. The van der Waals surface area contributed by atoms with E-state index in [-0.39, 0.29) is 0 Å². The van der Waals surface area contributed by atoms with Gasteiger partial charge in [0.05, 0.1) is 6.10 Å². The van der Waals surface area contributed by atoms with Crippen LogP contribution in [0, 0.1) is 5.92 Å². The Bertz CT molecular complexity index is 321. The first-order chi connectivity index (χ1) is 7.81. The molecular formula is C13H22N2O. The molecule has 2 heterocycles. The van der Waals surface area contributed by atoms with Crippen molar-refractivity contribution in [3.05, 3.63) is 24.0 Å². The van der Waals surface area contributed by atoms with Gasteiger partial charge in [0.2, 0.25) is 0 Å². The molecule has 16 heavy (non-hydrogen) atoms. The molecule has 0 radical (unpaired) electrons. The van der Waals surface area contributed by atoms with E-state index in [2.05, 4.69) is 42.2 Å². The number of aromatic nitrogens is 1. The van der Waals surface area contributed by atoms with Crippen LogP contribution < -0.4 is 5.32 Å². The zero-order valence-electron chi connectivity index (χ0n) is 10.3. The SMILES string of the molecule is CCC1OCCC1CNCc1cccn1C. The van der Waals surface area contributed by atoms with Crippen molar-refractivity contribution in [3.63, 3.8) is 0 Å². The number of rotatable bonds is 5. The molecule has 1 fully saturated rings. The fourth-order valence-corrected chi connectivity index (χ4v) is 2.44. The Kier molecular flexibility index (Phi) is 4.02. The van der Waals surface area contributed by atoms with Crippen LogP contribution in [0.25, 0.3) is 0 Å². The minimum atomic E-state index is 0.473. The van der Waals surface area contributed by atoms with Gasteiger partial charge < -0.3 is 14.6 Å². The molecule has 0 aromatic carbocycles. The molecule has 2 unspecified atom stereocenters. The lowest BCUT2D eigenvalue weighted by atomic mass is 10.00. The van der Waals surface area contributed by atoms with Crippen molar-refractivity contribution in [1.82, 2.24) is 9.88 Å². The molecule has 3 nitrogen and oxygen atoms in total. The molecule has 0 saturated carbocycles. The summed E-state index contributed by atoms with van der Waals surface area (Å²) in [6, 6.07) is 4.25. The van der Waals surface area contributed by atoms with Crippen LogP contribution in [0.4, 0.5) is 0 Å². The maximum absolute atomic E-state index is 5.68. The first kappa shape index (κ1) is 11.7. The van der Waals surface area contributed by atoms with Gasteiger partial charge in [0.1, 0.15) is 0 Å². The molecule has 0 aliphatic carbocycles. The van der Waals surface area contributed by atoms with Crippen LogP contribution in [0.3, 0.4) is 0 Å². The van der Waals surface area contributed by atoms with Gasteiger partial charge in [0.25, 0.3) is 0 Å². The van der Waals surface area contributed by atoms with Gasteiger partial charge in [-0.3, -0.25) is 0 Å². The van der Waals surface area contributed by atoms with E-state index in [4.69, 9.17) is 4.74 Å². The minimum absolute atomic E-state index is 0.473. The molecule has 1 saturated heterocycles. The Balaban J connectivity index is 1.74. The third kappa shape index (κ3) is 2.66. The number of ether oxygens (including phenoxy) is 1. The monoisotopic (exact) mass is 222 g/mol. The molecule has 1 aliphatic heterocycles. The molecule has 3 heteroatoms. The Morgan fingerprint density at radius 1 is 1.56 bits per heavy atom. The van der Waals surface area contributed by atoms with Crippen LogP contribution >= 0.6 is 0 Å². The molecule has 1 N–H and O–H groups in total. The highest BCUT2D eigenvalue weighted by atomic mass is 16.5. The molecule has 1 aromatic heterocycles. The van der Waals surface area contributed by atoms with E-state index < -0.39 is 0 Å². The summed E-state index contributed by atoms with van der Waals surface area (Å²) in [5.74, 6) is 0.699. The first-order valence-electron chi connectivity index (χ1n) is 6.23. The zero-order chi connectivity index (χ0) is 11.4. The van der Waals surface area contributed by atoms with Gasteiger partial charge in [-0.05, 0) is 30.9 Å². The van der Waals surface area contributed by atoms with Gasteiger partial charge >= 0.3 is 0 Å². The molecular weight excluding hydrogens is 200 g/mol. The van der Waals surface area contributed by atoms with Crippen molar-refractivity contribution in [2.45, 2.75) is 32.4 Å². The lowest BCUT2D eigenvalue weighted by Crippen LogP contribution is -2.28. The Morgan fingerprint density at radius 3 is 3.12 bits per heavy atom. The quantitative estimate of drug-likeness (QED) is 0.824. The molecule has 0 bridgehead atoms. The van der Waals surface area contributed by atoms with E-state index in [1.54, 1.807) is 0 Å². The number of hydrogen-bond donors (Lipinski definition) is 1. The van der Waals surface area contributed by atoms with Gasteiger partial charge in [-0.2, -0.15) is 0 Å². The highest BCUT2D eigenvalue weighted by Crippen LogP contribution is 2.22. The molecule has 2 atom stereocenters. The summed E-state index contributed by atoms with van der Waals surface area (Å²) in [6.07, 6.45) is 4.90. The fourth-order valence-electron chi connectivity index (χ4n) is 2.44. The van der Waals surface area contributed by atoms with Crippen LogP contribution in [-0.4, -0.2) is 23.8 Å². The standard InChI is InChI=1S/C13H22N2O/c1-3-13-11(6-8-16-13)9-14-10-12-5-4-7-15(12)2/h4-5,7,11,13-14H,3,6,8-10H2,1-2H3. The highest BCUT2D eigenvalue weighted by molar-refractivity contribution is 5.05. The average molecular weight is 222 g/mol. The molecule has 1 aliphatic rings. The Labute approximate surface area is 97.8 Å². The van der Waals surface area contributed by atoms with E-state index in [1.807, 2.05) is 0 Å². The molecule has 0 amide bonds. The second-order valence-corrected chi connectivity index (χ2v) is 4.61. The third-order valence-electron chi connectivity index (χ3n) is 3.51. The maximum atomic E-state index is 5.68. The molecule has 1 aromatic rings. The fraction of sp³-hybridized carbons (Fsp3) is 0.692.